The highest BCUT2D eigenvalue weighted by Gasteiger charge is 2.23. The zero-order valence-corrected chi connectivity index (χ0v) is 42.7. The first-order valence-electron chi connectivity index (χ1n) is 26.6. The molecule has 6 heteroatoms. The van der Waals surface area contributed by atoms with Crippen LogP contribution in [0.2, 0.25) is 0 Å². The molecule has 376 valence electrons. The number of aliphatic hydroxyl groups excluding tert-OH is 2. The molecule has 0 saturated carbocycles. The Morgan fingerprint density at radius 1 is 0.463 bits per heavy atom. The lowest BCUT2D eigenvalue weighted by atomic mass is 10.0. The SMILES string of the molecule is CC\C=C/C=C/C=C/C=C\C=C\C=C\CCCC(CC(=O)NC(CO)C(O)CCCCCCCCCCCCCCCC)OC(=O)CC/C=C\C/C=C\C/C=C\C/C=C\C/C=C\C/C=C\CC. The van der Waals surface area contributed by atoms with Gasteiger partial charge in [0.2, 0.25) is 5.91 Å². The van der Waals surface area contributed by atoms with Gasteiger partial charge in [-0.15, -0.1) is 0 Å². The second kappa shape index (κ2) is 52.7. The molecule has 0 spiro atoms. The number of hydrogen-bond acceptors (Lipinski definition) is 5. The predicted octanol–water partition coefficient (Wildman–Crippen LogP) is 16.4. The van der Waals surface area contributed by atoms with Crippen molar-refractivity contribution < 1.29 is 24.5 Å². The lowest BCUT2D eigenvalue weighted by molar-refractivity contribution is -0.150. The third kappa shape index (κ3) is 48.0. The van der Waals surface area contributed by atoms with Crippen LogP contribution in [-0.2, 0) is 14.3 Å². The average molecular weight is 924 g/mol. The molecule has 0 aromatic rings. The molecule has 0 radical (unpaired) electrons. The molecule has 3 unspecified atom stereocenters. The first kappa shape index (κ1) is 62.7. The Kier molecular flexibility index (Phi) is 49.4. The number of ether oxygens (including phenoxy) is 1. The van der Waals surface area contributed by atoms with Crippen molar-refractivity contribution in [1.29, 1.82) is 0 Å². The summed E-state index contributed by atoms with van der Waals surface area (Å²) in [6.45, 7) is 6.17. The van der Waals surface area contributed by atoms with E-state index in [0.29, 0.717) is 19.3 Å². The van der Waals surface area contributed by atoms with Crippen LogP contribution in [0, 0.1) is 0 Å². The number of carbonyl (C=O) groups is 2. The Morgan fingerprint density at radius 2 is 0.881 bits per heavy atom. The van der Waals surface area contributed by atoms with Gasteiger partial charge in [0, 0.05) is 6.42 Å². The minimum Gasteiger partial charge on any atom is -0.462 e. The lowest BCUT2D eigenvalue weighted by Crippen LogP contribution is -2.46. The van der Waals surface area contributed by atoms with Crippen LogP contribution < -0.4 is 5.32 Å². The first-order chi connectivity index (χ1) is 33.0. The number of aliphatic hydroxyl groups is 2. The Morgan fingerprint density at radius 3 is 1.34 bits per heavy atom. The molecule has 0 aromatic heterocycles. The predicted molar refractivity (Wildman–Crippen MR) is 291 cm³/mol. The maximum Gasteiger partial charge on any atom is 0.306 e. The summed E-state index contributed by atoms with van der Waals surface area (Å²) in [6.07, 6.45) is 76.3. The van der Waals surface area contributed by atoms with E-state index in [1.165, 1.54) is 70.6 Å². The van der Waals surface area contributed by atoms with Gasteiger partial charge in [-0.25, -0.2) is 0 Å². The summed E-state index contributed by atoms with van der Waals surface area (Å²) in [6, 6.07) is -0.752. The molecular weight excluding hydrogens is 827 g/mol. The van der Waals surface area contributed by atoms with Crippen LogP contribution >= 0.6 is 0 Å². The number of rotatable bonds is 45. The molecule has 0 saturated heterocycles. The van der Waals surface area contributed by atoms with Crippen LogP contribution in [0.1, 0.15) is 201 Å². The van der Waals surface area contributed by atoms with Crippen LogP contribution in [0.25, 0.3) is 0 Å². The summed E-state index contributed by atoms with van der Waals surface area (Å²) in [5.41, 5.74) is 0. The summed E-state index contributed by atoms with van der Waals surface area (Å²) in [7, 11) is 0. The van der Waals surface area contributed by atoms with Crippen LogP contribution in [0.4, 0.5) is 0 Å². The van der Waals surface area contributed by atoms with Crippen LogP contribution in [0.15, 0.2) is 146 Å². The van der Waals surface area contributed by atoms with Crippen molar-refractivity contribution in [2.45, 2.75) is 219 Å². The summed E-state index contributed by atoms with van der Waals surface area (Å²) >= 11 is 0. The fraction of sp³-hybridized carbons (Fsp3) is 0.574. The minimum absolute atomic E-state index is 0.0141. The lowest BCUT2D eigenvalue weighted by Gasteiger charge is -2.24. The van der Waals surface area contributed by atoms with Crippen molar-refractivity contribution in [2.24, 2.45) is 0 Å². The number of amides is 1. The van der Waals surface area contributed by atoms with Gasteiger partial charge in [-0.1, -0.05) is 256 Å². The number of nitrogens with one attached hydrogen (secondary N) is 1. The highest BCUT2D eigenvalue weighted by molar-refractivity contribution is 5.77. The largest absolute Gasteiger partial charge is 0.462 e. The van der Waals surface area contributed by atoms with Gasteiger partial charge >= 0.3 is 5.97 Å². The van der Waals surface area contributed by atoms with E-state index in [2.05, 4.69) is 105 Å². The highest BCUT2D eigenvalue weighted by atomic mass is 16.5. The van der Waals surface area contributed by atoms with Crippen molar-refractivity contribution in [3.05, 3.63) is 146 Å². The third-order valence-electron chi connectivity index (χ3n) is 11.1. The fourth-order valence-electron chi connectivity index (χ4n) is 7.14. The number of hydrogen-bond donors (Lipinski definition) is 3. The van der Waals surface area contributed by atoms with E-state index in [1.54, 1.807) is 0 Å². The van der Waals surface area contributed by atoms with Gasteiger partial charge in [-0.2, -0.15) is 0 Å². The molecule has 3 atom stereocenters. The Balaban J connectivity index is 4.85. The van der Waals surface area contributed by atoms with Crippen molar-refractivity contribution in [3.8, 4) is 0 Å². The van der Waals surface area contributed by atoms with E-state index in [9.17, 15) is 19.8 Å². The standard InChI is InChI=1S/C61H97NO5/c1-4-7-10-13-16-19-22-25-28-29-30-31-33-36-39-42-45-48-51-54-61(66)67-57(52-49-46-43-40-37-34-32-26-23-20-17-14-11-8-5-2)55-60(65)62-58(56-63)59(64)53-50-47-44-41-38-35-27-24-21-18-15-12-9-6-3/h7-8,10-11,14,16-17,19-20,23,25-26,28,30-32,34,36-37,39-40,43,45,48,57-59,63-64H,4-6,9,12-13,15,18,21-22,24,27,29,33,35,38,41-42,44,46-47,49-56H2,1-3H3,(H,62,65)/b10-7-,11-8-,17-14+,19-16-,23-20+,28-25-,31-30-,32-26-,37-34+,39-36-,43-40+,48-45-. The summed E-state index contributed by atoms with van der Waals surface area (Å²) in [5, 5.41) is 23.8. The minimum atomic E-state index is -0.831. The van der Waals surface area contributed by atoms with Gasteiger partial charge < -0.3 is 20.3 Å². The van der Waals surface area contributed by atoms with E-state index in [-0.39, 0.29) is 31.3 Å². The van der Waals surface area contributed by atoms with Gasteiger partial charge in [0.05, 0.1) is 25.2 Å². The number of allylic oxidation sites excluding steroid dienone is 24. The van der Waals surface area contributed by atoms with E-state index in [0.717, 1.165) is 77.0 Å². The second-order valence-corrected chi connectivity index (χ2v) is 17.3. The van der Waals surface area contributed by atoms with Crippen LogP contribution in [-0.4, -0.2) is 46.9 Å². The molecule has 0 rings (SSSR count). The molecular formula is C61H97NO5. The Hall–Kier alpha value is -4.26. The summed E-state index contributed by atoms with van der Waals surface area (Å²) < 4.78 is 5.86. The maximum atomic E-state index is 13.2. The number of unbranched alkanes of at least 4 members (excludes halogenated alkanes) is 14. The maximum absolute atomic E-state index is 13.2. The smallest absolute Gasteiger partial charge is 0.306 e. The molecule has 1 amide bonds. The van der Waals surface area contributed by atoms with E-state index < -0.39 is 18.2 Å². The van der Waals surface area contributed by atoms with E-state index in [1.807, 2.05) is 66.8 Å². The van der Waals surface area contributed by atoms with Gasteiger partial charge in [-0.05, 0) is 77.0 Å². The zero-order valence-electron chi connectivity index (χ0n) is 42.7. The molecule has 3 N–H and O–H groups in total. The Labute approximate surface area is 411 Å². The molecule has 0 bridgehead atoms. The fourth-order valence-corrected chi connectivity index (χ4v) is 7.14. The molecule has 0 heterocycles. The summed E-state index contributed by atoms with van der Waals surface area (Å²) in [5.74, 6) is -0.665. The van der Waals surface area contributed by atoms with Gasteiger partial charge in [0.15, 0.2) is 0 Å². The zero-order chi connectivity index (χ0) is 48.8. The Bertz CT molecular complexity index is 1500. The van der Waals surface area contributed by atoms with E-state index >= 15 is 0 Å². The van der Waals surface area contributed by atoms with Crippen molar-refractivity contribution >= 4 is 11.9 Å². The molecule has 0 aliphatic heterocycles. The third-order valence-corrected chi connectivity index (χ3v) is 11.1. The molecule has 6 nitrogen and oxygen atoms in total. The topological polar surface area (TPSA) is 95.9 Å². The quantitative estimate of drug-likeness (QED) is 0.0245. The van der Waals surface area contributed by atoms with Crippen LogP contribution in [0.5, 0.6) is 0 Å². The molecule has 0 fully saturated rings. The van der Waals surface area contributed by atoms with E-state index in [4.69, 9.17) is 4.74 Å². The van der Waals surface area contributed by atoms with Crippen molar-refractivity contribution in [3.63, 3.8) is 0 Å². The normalized spacial score (nSPS) is 14.4. The average Bonchev–Trinajstić information content (AvgIpc) is 3.32. The second-order valence-electron chi connectivity index (χ2n) is 17.3. The summed E-state index contributed by atoms with van der Waals surface area (Å²) in [4.78, 5) is 26.2. The van der Waals surface area contributed by atoms with Crippen molar-refractivity contribution in [2.75, 3.05) is 6.61 Å². The highest BCUT2D eigenvalue weighted by Crippen LogP contribution is 2.16. The van der Waals surface area contributed by atoms with Gasteiger partial charge in [-0.3, -0.25) is 9.59 Å². The van der Waals surface area contributed by atoms with Crippen LogP contribution in [0.3, 0.4) is 0 Å². The van der Waals surface area contributed by atoms with Gasteiger partial charge in [0.25, 0.3) is 0 Å². The number of esters is 1. The number of carbonyl (C=O) groups excluding carboxylic acids is 2. The van der Waals surface area contributed by atoms with Gasteiger partial charge in [0.1, 0.15) is 6.10 Å². The molecule has 0 aliphatic carbocycles. The first-order valence-corrected chi connectivity index (χ1v) is 26.6. The molecule has 0 aromatic carbocycles. The molecule has 0 aliphatic rings. The van der Waals surface area contributed by atoms with Crippen molar-refractivity contribution in [1.82, 2.24) is 5.32 Å². The monoisotopic (exact) mass is 924 g/mol. The molecule has 67 heavy (non-hydrogen) atoms.